The Bertz CT molecular complexity index is 172. The van der Waals surface area contributed by atoms with Crippen molar-refractivity contribution < 1.29 is 4.74 Å². The van der Waals surface area contributed by atoms with Crippen molar-refractivity contribution in [1.29, 1.82) is 0 Å². The molecule has 0 N–H and O–H groups in total. The fourth-order valence-corrected chi connectivity index (χ4v) is 3.09. The second kappa shape index (κ2) is 7.32. The van der Waals surface area contributed by atoms with E-state index in [0.29, 0.717) is 11.5 Å². The Balaban J connectivity index is 2.47. The second-order valence-corrected chi connectivity index (χ2v) is 5.72. The van der Waals surface area contributed by atoms with Crippen LogP contribution < -0.4 is 0 Å². The van der Waals surface area contributed by atoms with Gasteiger partial charge in [-0.1, -0.05) is 46.5 Å². The Morgan fingerprint density at radius 2 is 1.88 bits per heavy atom. The van der Waals surface area contributed by atoms with Crippen LogP contribution in [0.4, 0.5) is 0 Å². The van der Waals surface area contributed by atoms with E-state index in [1.165, 1.54) is 57.8 Å². The van der Waals surface area contributed by atoms with Crippen LogP contribution in [0, 0.1) is 5.41 Å². The molecule has 1 saturated heterocycles. The maximum absolute atomic E-state index is 6.03. The third-order valence-electron chi connectivity index (χ3n) is 4.13. The molecule has 1 aliphatic rings. The van der Waals surface area contributed by atoms with Crippen LogP contribution in [0.5, 0.6) is 0 Å². The SMILES string of the molecule is CCCCCC(C)(CCC)C1CCCCO1. The molecule has 1 nitrogen and oxygen atoms in total. The standard InChI is InChI=1S/C15H30O/c1-4-6-8-12-15(3,11-5-2)14-10-7-9-13-16-14/h14H,4-13H2,1-3H3. The van der Waals surface area contributed by atoms with Crippen molar-refractivity contribution in [3.8, 4) is 0 Å². The molecule has 1 rings (SSSR count). The van der Waals surface area contributed by atoms with Crippen molar-refractivity contribution in [2.24, 2.45) is 5.41 Å². The summed E-state index contributed by atoms with van der Waals surface area (Å²) in [5.74, 6) is 0. The lowest BCUT2D eigenvalue weighted by atomic mass is 9.73. The fraction of sp³-hybridized carbons (Fsp3) is 1.00. The van der Waals surface area contributed by atoms with Crippen LogP contribution >= 0.6 is 0 Å². The average Bonchev–Trinajstić information content (AvgIpc) is 2.31. The summed E-state index contributed by atoms with van der Waals surface area (Å²) in [6.45, 7) is 8.05. The van der Waals surface area contributed by atoms with Gasteiger partial charge in [0, 0.05) is 6.61 Å². The third kappa shape index (κ3) is 4.08. The van der Waals surface area contributed by atoms with E-state index in [1.807, 2.05) is 0 Å². The summed E-state index contributed by atoms with van der Waals surface area (Å²) in [5.41, 5.74) is 0.449. The summed E-state index contributed by atoms with van der Waals surface area (Å²) in [5, 5.41) is 0. The zero-order valence-electron chi connectivity index (χ0n) is 11.6. The monoisotopic (exact) mass is 226 g/mol. The van der Waals surface area contributed by atoms with Crippen molar-refractivity contribution in [3.05, 3.63) is 0 Å². The number of hydrogen-bond donors (Lipinski definition) is 0. The van der Waals surface area contributed by atoms with Crippen molar-refractivity contribution in [2.45, 2.75) is 84.7 Å². The summed E-state index contributed by atoms with van der Waals surface area (Å²) < 4.78 is 6.03. The summed E-state index contributed by atoms with van der Waals surface area (Å²) >= 11 is 0. The van der Waals surface area contributed by atoms with Crippen LogP contribution in [0.3, 0.4) is 0 Å². The molecule has 0 amide bonds. The van der Waals surface area contributed by atoms with Gasteiger partial charge in [0.1, 0.15) is 0 Å². The van der Waals surface area contributed by atoms with Crippen molar-refractivity contribution >= 4 is 0 Å². The topological polar surface area (TPSA) is 9.23 Å². The van der Waals surface area contributed by atoms with E-state index in [9.17, 15) is 0 Å². The first kappa shape index (κ1) is 14.0. The van der Waals surface area contributed by atoms with E-state index in [4.69, 9.17) is 4.74 Å². The molecule has 0 aromatic carbocycles. The third-order valence-corrected chi connectivity index (χ3v) is 4.13. The predicted molar refractivity (Wildman–Crippen MR) is 70.7 cm³/mol. The van der Waals surface area contributed by atoms with Gasteiger partial charge in [0.05, 0.1) is 6.10 Å². The smallest absolute Gasteiger partial charge is 0.0628 e. The molecule has 0 saturated carbocycles. The van der Waals surface area contributed by atoms with Gasteiger partial charge in [0.15, 0.2) is 0 Å². The highest BCUT2D eigenvalue weighted by Crippen LogP contribution is 2.39. The molecule has 0 radical (unpaired) electrons. The minimum Gasteiger partial charge on any atom is -0.378 e. The van der Waals surface area contributed by atoms with Gasteiger partial charge in [-0.05, 0) is 37.5 Å². The molecule has 0 aromatic heterocycles. The normalized spacial score (nSPS) is 25.3. The zero-order chi connectivity index (χ0) is 11.9. The van der Waals surface area contributed by atoms with Gasteiger partial charge >= 0.3 is 0 Å². The zero-order valence-corrected chi connectivity index (χ0v) is 11.6. The molecule has 0 spiro atoms. The minimum atomic E-state index is 0.449. The Hall–Kier alpha value is -0.0400. The molecule has 2 atom stereocenters. The van der Waals surface area contributed by atoms with Crippen molar-refractivity contribution in [2.75, 3.05) is 6.61 Å². The Morgan fingerprint density at radius 3 is 2.44 bits per heavy atom. The number of ether oxygens (including phenoxy) is 1. The minimum absolute atomic E-state index is 0.449. The Labute approximate surface area is 102 Å². The van der Waals surface area contributed by atoms with E-state index in [0.717, 1.165) is 6.61 Å². The van der Waals surface area contributed by atoms with E-state index in [-0.39, 0.29) is 0 Å². The highest BCUT2D eigenvalue weighted by atomic mass is 16.5. The fourth-order valence-electron chi connectivity index (χ4n) is 3.09. The van der Waals surface area contributed by atoms with Gasteiger partial charge in [0.25, 0.3) is 0 Å². The van der Waals surface area contributed by atoms with Gasteiger partial charge in [-0.2, -0.15) is 0 Å². The van der Waals surface area contributed by atoms with Crippen LogP contribution in [-0.4, -0.2) is 12.7 Å². The van der Waals surface area contributed by atoms with Gasteiger partial charge in [-0.15, -0.1) is 0 Å². The second-order valence-electron chi connectivity index (χ2n) is 5.72. The van der Waals surface area contributed by atoms with Crippen LogP contribution in [0.25, 0.3) is 0 Å². The maximum atomic E-state index is 6.03. The first-order valence-electron chi connectivity index (χ1n) is 7.34. The first-order chi connectivity index (χ1) is 7.73. The molecule has 96 valence electrons. The summed E-state index contributed by atoms with van der Waals surface area (Å²) in [7, 11) is 0. The molecule has 16 heavy (non-hydrogen) atoms. The number of unbranched alkanes of at least 4 members (excludes halogenated alkanes) is 2. The van der Waals surface area contributed by atoms with E-state index in [1.54, 1.807) is 0 Å². The molecule has 0 bridgehead atoms. The van der Waals surface area contributed by atoms with Crippen molar-refractivity contribution in [1.82, 2.24) is 0 Å². The van der Waals surface area contributed by atoms with Crippen LogP contribution in [0.15, 0.2) is 0 Å². The molecule has 2 unspecified atom stereocenters. The highest BCUT2D eigenvalue weighted by Gasteiger charge is 2.34. The molecule has 1 heteroatoms. The molecule has 0 aliphatic carbocycles. The summed E-state index contributed by atoms with van der Waals surface area (Å²) in [6.07, 6.45) is 12.6. The molecular weight excluding hydrogens is 196 g/mol. The van der Waals surface area contributed by atoms with E-state index >= 15 is 0 Å². The van der Waals surface area contributed by atoms with Crippen LogP contribution in [-0.2, 0) is 4.74 Å². The maximum Gasteiger partial charge on any atom is 0.0628 e. The molecule has 0 aromatic rings. The largest absolute Gasteiger partial charge is 0.378 e. The quantitative estimate of drug-likeness (QED) is 0.559. The average molecular weight is 226 g/mol. The van der Waals surface area contributed by atoms with E-state index in [2.05, 4.69) is 20.8 Å². The molecular formula is C15H30O. The number of hydrogen-bond acceptors (Lipinski definition) is 1. The van der Waals surface area contributed by atoms with E-state index < -0.39 is 0 Å². The molecule has 1 heterocycles. The van der Waals surface area contributed by atoms with Crippen LogP contribution in [0.1, 0.15) is 78.6 Å². The lowest BCUT2D eigenvalue weighted by Crippen LogP contribution is -2.37. The lowest BCUT2D eigenvalue weighted by Gasteiger charge is -2.40. The molecule has 1 aliphatic heterocycles. The summed E-state index contributed by atoms with van der Waals surface area (Å²) in [4.78, 5) is 0. The highest BCUT2D eigenvalue weighted by molar-refractivity contribution is 4.84. The van der Waals surface area contributed by atoms with Crippen molar-refractivity contribution in [3.63, 3.8) is 0 Å². The Kier molecular flexibility index (Phi) is 6.41. The van der Waals surface area contributed by atoms with Crippen LogP contribution in [0.2, 0.25) is 0 Å². The van der Waals surface area contributed by atoms with Gasteiger partial charge < -0.3 is 4.74 Å². The summed E-state index contributed by atoms with van der Waals surface area (Å²) in [6, 6.07) is 0. The van der Waals surface area contributed by atoms with Gasteiger partial charge in [-0.25, -0.2) is 0 Å². The molecule has 1 fully saturated rings. The lowest BCUT2D eigenvalue weighted by molar-refractivity contribution is -0.0697. The van der Waals surface area contributed by atoms with Gasteiger partial charge in [0.2, 0.25) is 0 Å². The first-order valence-corrected chi connectivity index (χ1v) is 7.34. The number of rotatable bonds is 7. The van der Waals surface area contributed by atoms with Gasteiger partial charge in [-0.3, -0.25) is 0 Å². The predicted octanol–water partition coefficient (Wildman–Crippen LogP) is 4.94. The Morgan fingerprint density at radius 1 is 1.06 bits per heavy atom.